The molecule has 3 aromatic rings. The Balaban J connectivity index is 2.02. The number of aromatic nitrogens is 1. The van der Waals surface area contributed by atoms with Crippen LogP contribution in [0.3, 0.4) is 0 Å². The SMILES string of the molecule is CCc1ccc2c(c1)c(C)c(C(=O)Nc1ccc([N+](=O)[O-])c(C)c1)n2CC. The highest BCUT2D eigenvalue weighted by atomic mass is 16.6. The molecule has 1 amide bonds. The minimum Gasteiger partial charge on any atom is -0.337 e. The number of nitrogens with zero attached hydrogens (tertiary/aromatic N) is 2. The number of nitrogens with one attached hydrogen (secondary N) is 1. The van der Waals surface area contributed by atoms with Crippen LogP contribution in [-0.2, 0) is 13.0 Å². The van der Waals surface area contributed by atoms with E-state index >= 15 is 0 Å². The minimum atomic E-state index is -0.425. The second-order valence-corrected chi connectivity index (χ2v) is 6.64. The third-order valence-corrected chi connectivity index (χ3v) is 4.97. The molecule has 2 aromatic carbocycles. The van der Waals surface area contributed by atoms with Crippen molar-refractivity contribution in [2.75, 3.05) is 5.32 Å². The maximum Gasteiger partial charge on any atom is 0.272 e. The predicted octanol–water partition coefficient (Wildman–Crippen LogP) is 5.00. The summed E-state index contributed by atoms with van der Waals surface area (Å²) in [6, 6.07) is 10.9. The molecule has 0 aliphatic carbocycles. The van der Waals surface area contributed by atoms with Crippen molar-refractivity contribution in [2.24, 2.45) is 0 Å². The molecule has 0 bridgehead atoms. The largest absolute Gasteiger partial charge is 0.337 e. The number of rotatable bonds is 5. The standard InChI is InChI=1S/C21H23N3O3/c1-5-15-7-9-19-17(12-15)14(4)20(23(19)6-2)21(25)22-16-8-10-18(24(26)27)13(3)11-16/h7-12H,5-6H2,1-4H3,(H,22,25). The van der Waals surface area contributed by atoms with E-state index < -0.39 is 4.92 Å². The highest BCUT2D eigenvalue weighted by molar-refractivity contribution is 6.08. The van der Waals surface area contributed by atoms with Crippen molar-refractivity contribution < 1.29 is 9.72 Å². The molecule has 0 fully saturated rings. The second kappa shape index (κ2) is 7.23. The number of nitro benzene ring substituents is 1. The van der Waals surface area contributed by atoms with Gasteiger partial charge in [-0.2, -0.15) is 0 Å². The zero-order valence-electron chi connectivity index (χ0n) is 16.0. The first kappa shape index (κ1) is 18.6. The molecule has 0 atom stereocenters. The van der Waals surface area contributed by atoms with E-state index in [4.69, 9.17) is 0 Å². The first-order valence-corrected chi connectivity index (χ1v) is 9.05. The average Bonchev–Trinajstić information content (AvgIpc) is 2.92. The summed E-state index contributed by atoms with van der Waals surface area (Å²) in [6.45, 7) is 8.42. The van der Waals surface area contributed by atoms with E-state index in [-0.39, 0.29) is 11.6 Å². The van der Waals surface area contributed by atoms with Crippen LogP contribution in [0, 0.1) is 24.0 Å². The van der Waals surface area contributed by atoms with Gasteiger partial charge in [0.05, 0.1) is 4.92 Å². The fraction of sp³-hybridized carbons (Fsp3) is 0.286. The summed E-state index contributed by atoms with van der Waals surface area (Å²) in [4.78, 5) is 23.5. The Hall–Kier alpha value is -3.15. The molecule has 0 unspecified atom stereocenters. The lowest BCUT2D eigenvalue weighted by atomic mass is 10.1. The van der Waals surface area contributed by atoms with Gasteiger partial charge in [-0.3, -0.25) is 14.9 Å². The molecule has 1 heterocycles. The number of carbonyl (C=O) groups is 1. The summed E-state index contributed by atoms with van der Waals surface area (Å²) in [7, 11) is 0. The van der Waals surface area contributed by atoms with E-state index in [1.165, 1.54) is 11.6 Å². The number of anilines is 1. The van der Waals surface area contributed by atoms with E-state index in [0.29, 0.717) is 23.5 Å². The Morgan fingerprint density at radius 1 is 1.15 bits per heavy atom. The van der Waals surface area contributed by atoms with Crippen LogP contribution in [0.2, 0.25) is 0 Å². The van der Waals surface area contributed by atoms with Crippen molar-refractivity contribution in [1.82, 2.24) is 4.57 Å². The summed E-state index contributed by atoms with van der Waals surface area (Å²) in [5, 5.41) is 14.9. The second-order valence-electron chi connectivity index (χ2n) is 6.64. The maximum atomic E-state index is 13.0. The molecular formula is C21H23N3O3. The van der Waals surface area contributed by atoms with E-state index in [2.05, 4.69) is 30.4 Å². The van der Waals surface area contributed by atoms with Gasteiger partial charge in [-0.25, -0.2) is 0 Å². The Kier molecular flexibility index (Phi) is 4.99. The number of fused-ring (bicyclic) bond motifs is 1. The summed E-state index contributed by atoms with van der Waals surface area (Å²) < 4.78 is 2.01. The van der Waals surface area contributed by atoms with Crippen molar-refractivity contribution >= 4 is 28.2 Å². The number of aryl methyl sites for hydroxylation is 4. The topological polar surface area (TPSA) is 77.2 Å². The lowest BCUT2D eigenvalue weighted by Crippen LogP contribution is -2.18. The van der Waals surface area contributed by atoms with Crippen LogP contribution in [0.25, 0.3) is 10.9 Å². The van der Waals surface area contributed by atoms with Crippen molar-refractivity contribution in [1.29, 1.82) is 0 Å². The third kappa shape index (κ3) is 3.30. The van der Waals surface area contributed by atoms with Gasteiger partial charge in [-0.05, 0) is 62.6 Å². The Labute approximate surface area is 158 Å². The fourth-order valence-electron chi connectivity index (χ4n) is 3.54. The lowest BCUT2D eigenvalue weighted by Gasteiger charge is -2.10. The molecule has 0 saturated heterocycles. The number of carbonyl (C=O) groups excluding carboxylic acids is 1. The molecular weight excluding hydrogens is 342 g/mol. The number of benzene rings is 2. The molecule has 0 aliphatic rings. The summed E-state index contributed by atoms with van der Waals surface area (Å²) >= 11 is 0. The van der Waals surface area contributed by atoms with Crippen LogP contribution < -0.4 is 5.32 Å². The number of hydrogen-bond donors (Lipinski definition) is 1. The highest BCUT2D eigenvalue weighted by Crippen LogP contribution is 2.28. The van der Waals surface area contributed by atoms with Gasteiger partial charge < -0.3 is 9.88 Å². The third-order valence-electron chi connectivity index (χ3n) is 4.97. The highest BCUT2D eigenvalue weighted by Gasteiger charge is 2.20. The molecule has 0 aliphatic heterocycles. The molecule has 0 spiro atoms. The van der Waals surface area contributed by atoms with Crippen molar-refractivity contribution in [2.45, 2.75) is 40.7 Å². The Morgan fingerprint density at radius 3 is 2.48 bits per heavy atom. The van der Waals surface area contributed by atoms with E-state index in [1.807, 2.05) is 18.4 Å². The maximum absolute atomic E-state index is 13.0. The lowest BCUT2D eigenvalue weighted by molar-refractivity contribution is -0.385. The monoisotopic (exact) mass is 365 g/mol. The average molecular weight is 365 g/mol. The first-order valence-electron chi connectivity index (χ1n) is 9.05. The van der Waals surface area contributed by atoms with Crippen molar-refractivity contribution in [3.63, 3.8) is 0 Å². The van der Waals surface area contributed by atoms with E-state index in [0.717, 1.165) is 22.9 Å². The van der Waals surface area contributed by atoms with Crippen LogP contribution in [0.4, 0.5) is 11.4 Å². The summed E-state index contributed by atoms with van der Waals surface area (Å²) in [5.74, 6) is -0.211. The molecule has 1 N–H and O–H groups in total. The molecule has 6 heteroatoms. The number of amides is 1. The van der Waals surface area contributed by atoms with Crippen molar-refractivity contribution in [3.05, 3.63) is 68.9 Å². The van der Waals surface area contributed by atoms with Crippen LogP contribution in [0.5, 0.6) is 0 Å². The van der Waals surface area contributed by atoms with Gasteiger partial charge >= 0.3 is 0 Å². The summed E-state index contributed by atoms with van der Waals surface area (Å²) in [6.07, 6.45) is 0.941. The van der Waals surface area contributed by atoms with Crippen molar-refractivity contribution in [3.8, 4) is 0 Å². The molecule has 140 valence electrons. The van der Waals surface area contributed by atoms with Gasteiger partial charge in [-0.15, -0.1) is 0 Å². The zero-order chi connectivity index (χ0) is 19.7. The summed E-state index contributed by atoms with van der Waals surface area (Å²) in [5.41, 5.74) is 4.94. The smallest absolute Gasteiger partial charge is 0.272 e. The van der Waals surface area contributed by atoms with Gasteiger partial charge in [0.15, 0.2) is 0 Å². The molecule has 3 rings (SSSR count). The number of nitro groups is 1. The Bertz CT molecular complexity index is 1050. The van der Waals surface area contributed by atoms with E-state index in [9.17, 15) is 14.9 Å². The van der Waals surface area contributed by atoms with Gasteiger partial charge in [0.1, 0.15) is 5.69 Å². The Morgan fingerprint density at radius 2 is 1.89 bits per heavy atom. The molecule has 27 heavy (non-hydrogen) atoms. The van der Waals surface area contributed by atoms with Crippen LogP contribution in [0.15, 0.2) is 36.4 Å². The van der Waals surface area contributed by atoms with Gasteiger partial charge in [0, 0.05) is 34.8 Å². The van der Waals surface area contributed by atoms with Crippen LogP contribution in [0.1, 0.15) is 41.0 Å². The normalized spacial score (nSPS) is 11.0. The molecule has 0 radical (unpaired) electrons. The molecule has 6 nitrogen and oxygen atoms in total. The molecule has 0 saturated carbocycles. The first-order chi connectivity index (χ1) is 12.9. The number of hydrogen-bond acceptors (Lipinski definition) is 3. The predicted molar refractivity (Wildman–Crippen MR) is 108 cm³/mol. The zero-order valence-corrected chi connectivity index (χ0v) is 16.0. The van der Waals surface area contributed by atoms with E-state index in [1.54, 1.807) is 19.1 Å². The van der Waals surface area contributed by atoms with Crippen LogP contribution >= 0.6 is 0 Å². The van der Waals surface area contributed by atoms with Gasteiger partial charge in [-0.1, -0.05) is 13.0 Å². The van der Waals surface area contributed by atoms with Gasteiger partial charge in [0.2, 0.25) is 0 Å². The fourth-order valence-corrected chi connectivity index (χ4v) is 3.54. The van der Waals surface area contributed by atoms with Gasteiger partial charge in [0.25, 0.3) is 11.6 Å². The minimum absolute atomic E-state index is 0.0407. The quantitative estimate of drug-likeness (QED) is 0.510. The van der Waals surface area contributed by atoms with Crippen LogP contribution in [-0.4, -0.2) is 15.4 Å². The molecule has 1 aromatic heterocycles.